The summed E-state index contributed by atoms with van der Waals surface area (Å²) in [5.41, 5.74) is 2.51. The van der Waals surface area contributed by atoms with Crippen LogP contribution in [-0.2, 0) is 11.2 Å². The lowest BCUT2D eigenvalue weighted by molar-refractivity contribution is -0.139. The zero-order valence-electron chi connectivity index (χ0n) is 14.6. The van der Waals surface area contributed by atoms with Gasteiger partial charge in [0.25, 0.3) is 0 Å². The summed E-state index contributed by atoms with van der Waals surface area (Å²) in [6.07, 6.45) is 5.28. The maximum atomic E-state index is 11.6. The number of rotatable bonds is 7. The molecule has 132 valence electrons. The summed E-state index contributed by atoms with van der Waals surface area (Å²) < 4.78 is 0. The molecule has 0 spiro atoms. The average Bonchev–Trinajstić information content (AvgIpc) is 2.67. The van der Waals surface area contributed by atoms with Gasteiger partial charge in [0.05, 0.1) is 0 Å². The van der Waals surface area contributed by atoms with Gasteiger partial charge in [0.2, 0.25) is 0 Å². The molecule has 3 rings (SSSR count). The molecule has 1 aliphatic rings. The Morgan fingerprint density at radius 1 is 0.960 bits per heavy atom. The fraction of sp³-hybridized carbons (Fsp3) is 0.409. The number of carboxylic acids is 1. The van der Waals surface area contributed by atoms with Crippen molar-refractivity contribution in [3.05, 3.63) is 71.8 Å². The van der Waals surface area contributed by atoms with Crippen LogP contribution < -0.4 is 5.32 Å². The highest BCUT2D eigenvalue weighted by atomic mass is 16.4. The molecule has 0 aromatic heterocycles. The molecule has 1 aliphatic carbocycles. The van der Waals surface area contributed by atoms with Gasteiger partial charge in [-0.05, 0) is 61.6 Å². The number of carboxylic acid groups (broad SMARTS) is 1. The molecule has 2 N–H and O–H groups in total. The summed E-state index contributed by atoms with van der Waals surface area (Å²) >= 11 is 0. The minimum Gasteiger partial charge on any atom is -0.480 e. The summed E-state index contributed by atoms with van der Waals surface area (Å²) in [5, 5.41) is 12.8. The fourth-order valence-corrected chi connectivity index (χ4v) is 3.83. The SMILES string of the molecule is O=C(O)[C@H](Cc1ccccc1)NCC1CCC(c2ccccc2)CC1. The van der Waals surface area contributed by atoms with Crippen molar-refractivity contribution >= 4 is 5.97 Å². The summed E-state index contributed by atoms with van der Waals surface area (Å²) in [6.45, 7) is 0.797. The minimum absolute atomic E-state index is 0.505. The molecule has 25 heavy (non-hydrogen) atoms. The molecule has 1 atom stereocenters. The summed E-state index contributed by atoms with van der Waals surface area (Å²) in [5.74, 6) is 0.483. The van der Waals surface area contributed by atoms with Gasteiger partial charge >= 0.3 is 5.97 Å². The topological polar surface area (TPSA) is 49.3 Å². The summed E-state index contributed by atoms with van der Waals surface area (Å²) in [7, 11) is 0. The van der Waals surface area contributed by atoms with Crippen LogP contribution in [0.3, 0.4) is 0 Å². The maximum Gasteiger partial charge on any atom is 0.321 e. The highest BCUT2D eigenvalue weighted by Crippen LogP contribution is 2.35. The van der Waals surface area contributed by atoms with Crippen LogP contribution in [0.5, 0.6) is 0 Å². The van der Waals surface area contributed by atoms with Crippen molar-refractivity contribution in [2.24, 2.45) is 5.92 Å². The fourth-order valence-electron chi connectivity index (χ4n) is 3.83. The van der Waals surface area contributed by atoms with Crippen molar-refractivity contribution in [1.29, 1.82) is 0 Å². The zero-order chi connectivity index (χ0) is 17.5. The monoisotopic (exact) mass is 337 g/mol. The van der Waals surface area contributed by atoms with E-state index in [9.17, 15) is 9.90 Å². The van der Waals surface area contributed by atoms with E-state index in [2.05, 4.69) is 35.6 Å². The quantitative estimate of drug-likeness (QED) is 0.794. The first-order chi connectivity index (χ1) is 12.2. The highest BCUT2D eigenvalue weighted by molar-refractivity contribution is 5.73. The van der Waals surface area contributed by atoms with E-state index in [1.54, 1.807) is 0 Å². The van der Waals surface area contributed by atoms with Crippen LogP contribution in [0, 0.1) is 5.92 Å². The van der Waals surface area contributed by atoms with E-state index in [0.717, 1.165) is 12.1 Å². The molecule has 3 nitrogen and oxygen atoms in total. The van der Waals surface area contributed by atoms with E-state index in [4.69, 9.17) is 0 Å². The van der Waals surface area contributed by atoms with Crippen molar-refractivity contribution in [2.45, 2.75) is 44.1 Å². The van der Waals surface area contributed by atoms with Crippen molar-refractivity contribution in [3.63, 3.8) is 0 Å². The molecular weight excluding hydrogens is 310 g/mol. The van der Waals surface area contributed by atoms with E-state index in [0.29, 0.717) is 18.3 Å². The van der Waals surface area contributed by atoms with Gasteiger partial charge in [-0.15, -0.1) is 0 Å². The number of benzene rings is 2. The highest BCUT2D eigenvalue weighted by Gasteiger charge is 2.24. The van der Waals surface area contributed by atoms with E-state index in [1.165, 1.54) is 31.2 Å². The predicted octanol–water partition coefficient (Wildman–Crippen LogP) is 4.25. The Morgan fingerprint density at radius 3 is 2.16 bits per heavy atom. The lowest BCUT2D eigenvalue weighted by atomic mass is 9.78. The van der Waals surface area contributed by atoms with Crippen LogP contribution in [0.25, 0.3) is 0 Å². The van der Waals surface area contributed by atoms with E-state index >= 15 is 0 Å². The van der Waals surface area contributed by atoms with Crippen LogP contribution in [0.15, 0.2) is 60.7 Å². The largest absolute Gasteiger partial charge is 0.480 e. The second kappa shape index (κ2) is 8.82. The second-order valence-corrected chi connectivity index (χ2v) is 7.12. The lowest BCUT2D eigenvalue weighted by Gasteiger charge is -2.30. The maximum absolute atomic E-state index is 11.6. The number of aliphatic carboxylic acids is 1. The van der Waals surface area contributed by atoms with E-state index in [1.807, 2.05) is 30.3 Å². The molecule has 3 heteroatoms. The van der Waals surface area contributed by atoms with Crippen LogP contribution in [-0.4, -0.2) is 23.7 Å². The standard InChI is InChI=1S/C22H27NO2/c24-22(25)21(15-17-7-3-1-4-8-17)23-16-18-11-13-20(14-12-18)19-9-5-2-6-10-19/h1-10,18,20-21,23H,11-16H2,(H,24,25)/t18?,20?,21-/m0/s1. The second-order valence-electron chi connectivity index (χ2n) is 7.12. The number of nitrogens with one attached hydrogen (secondary N) is 1. The molecule has 0 saturated heterocycles. The third-order valence-corrected chi connectivity index (χ3v) is 5.35. The Labute approximate surface area is 150 Å². The minimum atomic E-state index is -0.762. The van der Waals surface area contributed by atoms with Crippen LogP contribution >= 0.6 is 0 Å². The Balaban J connectivity index is 1.47. The Bertz CT molecular complexity index is 648. The zero-order valence-corrected chi connectivity index (χ0v) is 14.6. The van der Waals surface area contributed by atoms with Gasteiger partial charge in [-0.2, -0.15) is 0 Å². The van der Waals surface area contributed by atoms with E-state index < -0.39 is 12.0 Å². The molecule has 2 aromatic rings. The van der Waals surface area contributed by atoms with Gasteiger partial charge in [0.15, 0.2) is 0 Å². The molecule has 1 fully saturated rings. The Hall–Kier alpha value is -2.13. The van der Waals surface area contributed by atoms with Crippen molar-refractivity contribution in [1.82, 2.24) is 5.32 Å². The summed E-state index contributed by atoms with van der Waals surface area (Å²) in [4.78, 5) is 11.6. The number of hydrogen-bond donors (Lipinski definition) is 2. The van der Waals surface area contributed by atoms with Crippen molar-refractivity contribution in [3.8, 4) is 0 Å². The van der Waals surface area contributed by atoms with E-state index in [-0.39, 0.29) is 0 Å². The Kier molecular flexibility index (Phi) is 6.24. The molecule has 1 saturated carbocycles. The first-order valence-electron chi connectivity index (χ1n) is 9.27. The van der Waals surface area contributed by atoms with Gasteiger partial charge in [-0.1, -0.05) is 60.7 Å². The van der Waals surface area contributed by atoms with Crippen LogP contribution in [0.2, 0.25) is 0 Å². The van der Waals surface area contributed by atoms with Crippen molar-refractivity contribution < 1.29 is 9.90 Å². The Morgan fingerprint density at radius 2 is 1.56 bits per heavy atom. The molecule has 0 radical (unpaired) electrons. The number of hydrogen-bond acceptors (Lipinski definition) is 2. The molecule has 0 unspecified atom stereocenters. The van der Waals surface area contributed by atoms with Gasteiger partial charge in [-0.25, -0.2) is 0 Å². The normalized spacial score (nSPS) is 21.6. The smallest absolute Gasteiger partial charge is 0.321 e. The van der Waals surface area contributed by atoms with Crippen molar-refractivity contribution in [2.75, 3.05) is 6.54 Å². The van der Waals surface area contributed by atoms with Gasteiger partial charge < -0.3 is 10.4 Å². The third-order valence-electron chi connectivity index (χ3n) is 5.35. The number of carbonyl (C=O) groups is 1. The third kappa shape index (κ3) is 5.17. The molecule has 2 aromatic carbocycles. The predicted molar refractivity (Wildman–Crippen MR) is 101 cm³/mol. The first kappa shape index (κ1) is 17.7. The molecule has 0 bridgehead atoms. The first-order valence-corrected chi connectivity index (χ1v) is 9.27. The average molecular weight is 337 g/mol. The summed E-state index contributed by atoms with van der Waals surface area (Å²) in [6, 6.07) is 20.1. The molecule has 0 heterocycles. The van der Waals surface area contributed by atoms with Crippen LogP contribution in [0.1, 0.15) is 42.7 Å². The van der Waals surface area contributed by atoms with Crippen LogP contribution in [0.4, 0.5) is 0 Å². The lowest BCUT2D eigenvalue weighted by Crippen LogP contribution is -2.41. The molecule has 0 amide bonds. The van der Waals surface area contributed by atoms with Gasteiger partial charge in [-0.3, -0.25) is 4.79 Å². The molecular formula is C22H27NO2. The molecule has 0 aliphatic heterocycles. The van der Waals surface area contributed by atoms with Gasteiger partial charge in [0, 0.05) is 0 Å². The van der Waals surface area contributed by atoms with Gasteiger partial charge in [0.1, 0.15) is 6.04 Å².